The number of carboxylic acid groups (broad SMARTS) is 1. The highest BCUT2D eigenvalue weighted by Crippen LogP contribution is 2.46. The Morgan fingerprint density at radius 3 is 2.57 bits per heavy atom. The van der Waals surface area contributed by atoms with E-state index in [9.17, 15) is 9.59 Å². The second-order valence-electron chi connectivity index (χ2n) is 7.07. The molecule has 0 aromatic heterocycles. The molecule has 5 nitrogen and oxygen atoms in total. The van der Waals surface area contributed by atoms with Crippen molar-refractivity contribution >= 4 is 11.9 Å². The second-order valence-corrected chi connectivity index (χ2v) is 7.07. The fourth-order valence-corrected chi connectivity index (χ4v) is 3.86. The smallest absolute Gasteiger partial charge is 0.306 e. The molecule has 1 aliphatic heterocycles. The standard InChI is InChI=1S/C16H25NO4/c18-14(5-4-11-2-1-3-11)17-13-6-7-21-16(10-13)8-12(9-16)15(19)20/h11-13H,1-10H2,(H,17,18)(H,19,20). The van der Waals surface area contributed by atoms with Gasteiger partial charge in [0.25, 0.3) is 0 Å². The third-order valence-electron chi connectivity index (χ3n) is 5.45. The van der Waals surface area contributed by atoms with Crippen LogP contribution < -0.4 is 5.32 Å². The highest BCUT2D eigenvalue weighted by atomic mass is 16.5. The van der Waals surface area contributed by atoms with Gasteiger partial charge in [0, 0.05) is 19.1 Å². The van der Waals surface area contributed by atoms with Crippen molar-refractivity contribution in [2.24, 2.45) is 11.8 Å². The monoisotopic (exact) mass is 295 g/mol. The number of amides is 1. The quantitative estimate of drug-likeness (QED) is 0.814. The van der Waals surface area contributed by atoms with Crippen molar-refractivity contribution in [1.29, 1.82) is 0 Å². The van der Waals surface area contributed by atoms with E-state index in [1.165, 1.54) is 19.3 Å². The summed E-state index contributed by atoms with van der Waals surface area (Å²) >= 11 is 0. The maximum absolute atomic E-state index is 12.0. The van der Waals surface area contributed by atoms with Crippen molar-refractivity contribution in [3.8, 4) is 0 Å². The number of hydrogen-bond donors (Lipinski definition) is 2. The molecule has 0 bridgehead atoms. The second kappa shape index (κ2) is 5.95. The molecule has 2 saturated carbocycles. The van der Waals surface area contributed by atoms with Crippen molar-refractivity contribution in [2.75, 3.05) is 6.61 Å². The summed E-state index contributed by atoms with van der Waals surface area (Å²) in [5, 5.41) is 12.1. The predicted molar refractivity (Wildman–Crippen MR) is 76.8 cm³/mol. The minimum absolute atomic E-state index is 0.151. The van der Waals surface area contributed by atoms with Gasteiger partial charge in [-0.15, -0.1) is 0 Å². The Bertz CT molecular complexity index is 413. The van der Waals surface area contributed by atoms with E-state index in [1.807, 2.05) is 0 Å². The molecule has 0 radical (unpaired) electrons. The Morgan fingerprint density at radius 1 is 1.19 bits per heavy atom. The molecule has 1 heterocycles. The van der Waals surface area contributed by atoms with Crippen LogP contribution >= 0.6 is 0 Å². The van der Waals surface area contributed by atoms with Gasteiger partial charge in [-0.2, -0.15) is 0 Å². The van der Waals surface area contributed by atoms with Gasteiger partial charge in [-0.3, -0.25) is 9.59 Å². The van der Waals surface area contributed by atoms with E-state index in [0.717, 1.165) is 25.2 Å². The summed E-state index contributed by atoms with van der Waals surface area (Å²) in [5.41, 5.74) is -0.284. The molecule has 1 amide bonds. The number of carbonyl (C=O) groups excluding carboxylic acids is 1. The van der Waals surface area contributed by atoms with Crippen molar-refractivity contribution in [3.63, 3.8) is 0 Å². The summed E-state index contributed by atoms with van der Waals surface area (Å²) in [6.45, 7) is 0.625. The minimum Gasteiger partial charge on any atom is -0.481 e. The van der Waals surface area contributed by atoms with Gasteiger partial charge >= 0.3 is 5.97 Å². The fourth-order valence-electron chi connectivity index (χ4n) is 3.86. The first-order valence-corrected chi connectivity index (χ1v) is 8.22. The molecule has 3 aliphatic rings. The minimum atomic E-state index is -0.726. The third kappa shape index (κ3) is 3.39. The highest BCUT2D eigenvalue weighted by molar-refractivity contribution is 5.76. The number of carboxylic acids is 1. The van der Waals surface area contributed by atoms with Gasteiger partial charge in [-0.05, 0) is 38.0 Å². The topological polar surface area (TPSA) is 75.6 Å². The molecule has 0 aromatic rings. The van der Waals surface area contributed by atoms with Gasteiger partial charge < -0.3 is 15.2 Å². The van der Waals surface area contributed by atoms with Gasteiger partial charge in [-0.25, -0.2) is 0 Å². The lowest BCUT2D eigenvalue weighted by atomic mass is 9.66. The Hall–Kier alpha value is -1.10. The summed E-state index contributed by atoms with van der Waals surface area (Å²) in [6.07, 6.45) is 8.33. The molecule has 118 valence electrons. The molecule has 0 aromatic carbocycles. The molecule has 1 unspecified atom stereocenters. The molecule has 3 fully saturated rings. The fraction of sp³-hybridized carbons (Fsp3) is 0.875. The Kier molecular flexibility index (Phi) is 4.20. The van der Waals surface area contributed by atoms with Crippen molar-refractivity contribution < 1.29 is 19.4 Å². The SMILES string of the molecule is O=C(CCC1CCC1)NC1CCOC2(C1)CC(C(=O)O)C2. The first-order valence-electron chi connectivity index (χ1n) is 8.22. The van der Waals surface area contributed by atoms with Crippen LogP contribution in [0.3, 0.4) is 0 Å². The molecule has 5 heteroatoms. The number of rotatable bonds is 5. The number of hydrogen-bond acceptors (Lipinski definition) is 3. The molecule has 3 rings (SSSR count). The summed E-state index contributed by atoms with van der Waals surface area (Å²) in [5.74, 6) is -0.0771. The zero-order chi connectivity index (χ0) is 14.9. The summed E-state index contributed by atoms with van der Waals surface area (Å²) < 4.78 is 5.80. The summed E-state index contributed by atoms with van der Waals surface area (Å²) in [6, 6.07) is 0.155. The first-order chi connectivity index (χ1) is 10.1. The van der Waals surface area contributed by atoms with Gasteiger partial charge in [0.15, 0.2) is 0 Å². The molecule has 2 N–H and O–H groups in total. The molecular weight excluding hydrogens is 270 g/mol. The lowest BCUT2D eigenvalue weighted by molar-refractivity contribution is -0.182. The maximum Gasteiger partial charge on any atom is 0.306 e. The number of nitrogens with one attached hydrogen (secondary N) is 1. The van der Waals surface area contributed by atoms with E-state index >= 15 is 0 Å². The Balaban J connectivity index is 1.41. The largest absolute Gasteiger partial charge is 0.481 e. The van der Waals surface area contributed by atoms with Gasteiger partial charge in [-0.1, -0.05) is 19.3 Å². The summed E-state index contributed by atoms with van der Waals surface area (Å²) in [7, 11) is 0. The van der Waals surface area contributed by atoms with Crippen LogP contribution in [0.25, 0.3) is 0 Å². The van der Waals surface area contributed by atoms with Crippen molar-refractivity contribution in [2.45, 2.75) is 69.4 Å². The van der Waals surface area contributed by atoms with Crippen LogP contribution in [0.1, 0.15) is 57.8 Å². The number of aliphatic carboxylic acids is 1. The molecular formula is C16H25NO4. The number of ether oxygens (including phenoxy) is 1. The Labute approximate surface area is 125 Å². The van der Waals surface area contributed by atoms with Crippen LogP contribution in [0.4, 0.5) is 0 Å². The lowest BCUT2D eigenvalue weighted by Crippen LogP contribution is -2.56. The van der Waals surface area contributed by atoms with Crippen LogP contribution in [0.5, 0.6) is 0 Å². The Morgan fingerprint density at radius 2 is 1.95 bits per heavy atom. The zero-order valence-corrected chi connectivity index (χ0v) is 12.5. The van der Waals surface area contributed by atoms with Crippen LogP contribution in [0, 0.1) is 11.8 Å². The van der Waals surface area contributed by atoms with Gasteiger partial charge in [0.1, 0.15) is 0 Å². The first kappa shape index (κ1) is 14.8. The van der Waals surface area contributed by atoms with E-state index in [1.54, 1.807) is 0 Å². The van der Waals surface area contributed by atoms with Crippen LogP contribution in [-0.2, 0) is 14.3 Å². The van der Waals surface area contributed by atoms with E-state index in [4.69, 9.17) is 9.84 Å². The van der Waals surface area contributed by atoms with Crippen molar-refractivity contribution in [1.82, 2.24) is 5.32 Å². The van der Waals surface area contributed by atoms with Crippen LogP contribution in [0.15, 0.2) is 0 Å². The van der Waals surface area contributed by atoms with Crippen LogP contribution in [-0.4, -0.2) is 35.2 Å². The maximum atomic E-state index is 12.0. The lowest BCUT2D eigenvalue weighted by Gasteiger charge is -2.50. The molecule has 21 heavy (non-hydrogen) atoms. The van der Waals surface area contributed by atoms with E-state index in [0.29, 0.717) is 25.9 Å². The molecule has 1 atom stereocenters. The average Bonchev–Trinajstić information content (AvgIpc) is 2.34. The van der Waals surface area contributed by atoms with Gasteiger partial charge in [0.05, 0.1) is 11.5 Å². The average molecular weight is 295 g/mol. The third-order valence-corrected chi connectivity index (χ3v) is 5.45. The van der Waals surface area contributed by atoms with Crippen LogP contribution in [0.2, 0.25) is 0 Å². The summed E-state index contributed by atoms with van der Waals surface area (Å²) in [4.78, 5) is 22.9. The van der Waals surface area contributed by atoms with Gasteiger partial charge in [0.2, 0.25) is 5.91 Å². The highest BCUT2D eigenvalue weighted by Gasteiger charge is 2.51. The van der Waals surface area contributed by atoms with E-state index in [2.05, 4.69) is 5.32 Å². The molecule has 1 spiro atoms. The predicted octanol–water partition coefficient (Wildman–Crippen LogP) is 2.10. The molecule has 2 aliphatic carbocycles. The van der Waals surface area contributed by atoms with E-state index < -0.39 is 5.97 Å². The normalized spacial score (nSPS) is 35.8. The zero-order valence-electron chi connectivity index (χ0n) is 12.5. The van der Waals surface area contributed by atoms with Crippen molar-refractivity contribution in [3.05, 3.63) is 0 Å². The van der Waals surface area contributed by atoms with E-state index in [-0.39, 0.29) is 23.5 Å². The number of carbonyl (C=O) groups is 2. The molecule has 1 saturated heterocycles.